The first-order chi connectivity index (χ1) is 7.58. The number of benzene rings is 1. The molecule has 2 nitrogen and oxygen atoms in total. The van der Waals surface area contributed by atoms with Crippen LogP contribution in [0.5, 0.6) is 0 Å². The topological polar surface area (TPSA) is 20.3 Å². The summed E-state index contributed by atoms with van der Waals surface area (Å²) in [6, 6.07) is 5.87. The monoisotopic (exact) mass is 283 g/mol. The highest BCUT2D eigenvalue weighted by molar-refractivity contribution is 9.10. The summed E-state index contributed by atoms with van der Waals surface area (Å²) in [5, 5.41) is 0. The van der Waals surface area contributed by atoms with Crippen LogP contribution < -0.4 is 4.90 Å². The number of carbonyl (C=O) groups excluding carboxylic acids is 1. The van der Waals surface area contributed by atoms with E-state index in [1.807, 2.05) is 18.2 Å². The molecule has 1 aromatic carbocycles. The minimum absolute atomic E-state index is 0.629. The molecule has 0 N–H and O–H groups in total. The normalized spacial score (nSPS) is 10.6. The summed E-state index contributed by atoms with van der Waals surface area (Å²) in [6.45, 7) is 8.56. The van der Waals surface area contributed by atoms with E-state index >= 15 is 0 Å². The van der Waals surface area contributed by atoms with Gasteiger partial charge in [0, 0.05) is 28.8 Å². The number of aldehydes is 1. The predicted molar refractivity (Wildman–Crippen MR) is 72.3 cm³/mol. The van der Waals surface area contributed by atoms with Gasteiger partial charge in [-0.25, -0.2) is 0 Å². The van der Waals surface area contributed by atoms with Gasteiger partial charge in [0.15, 0.2) is 6.29 Å². The number of hydrogen-bond donors (Lipinski definition) is 0. The third-order valence-corrected chi connectivity index (χ3v) is 3.13. The number of hydrogen-bond acceptors (Lipinski definition) is 2. The summed E-state index contributed by atoms with van der Waals surface area (Å²) in [6.07, 6.45) is 0.868. The van der Waals surface area contributed by atoms with Gasteiger partial charge in [0.25, 0.3) is 0 Å². The van der Waals surface area contributed by atoms with Crippen molar-refractivity contribution in [1.82, 2.24) is 0 Å². The zero-order valence-electron chi connectivity index (χ0n) is 10.0. The van der Waals surface area contributed by atoms with Gasteiger partial charge < -0.3 is 4.90 Å². The molecular formula is C13H18BrNO. The van der Waals surface area contributed by atoms with E-state index in [-0.39, 0.29) is 0 Å². The Morgan fingerprint density at radius 3 is 2.56 bits per heavy atom. The maximum atomic E-state index is 10.7. The molecule has 0 aromatic heterocycles. The van der Waals surface area contributed by atoms with Crippen LogP contribution in [0.3, 0.4) is 0 Å². The molecule has 0 spiro atoms. The second-order valence-electron chi connectivity index (χ2n) is 4.26. The predicted octanol–water partition coefficient (Wildman–Crippen LogP) is 3.74. The van der Waals surface area contributed by atoms with Crippen molar-refractivity contribution in [2.45, 2.75) is 20.8 Å². The quantitative estimate of drug-likeness (QED) is 0.768. The summed E-state index contributed by atoms with van der Waals surface area (Å²) in [7, 11) is 0. The largest absolute Gasteiger partial charge is 0.372 e. The zero-order valence-corrected chi connectivity index (χ0v) is 11.6. The maximum absolute atomic E-state index is 10.7. The summed E-state index contributed by atoms with van der Waals surface area (Å²) >= 11 is 3.41. The van der Waals surface area contributed by atoms with Crippen molar-refractivity contribution < 1.29 is 4.79 Å². The fourth-order valence-corrected chi connectivity index (χ4v) is 2.13. The first-order valence-electron chi connectivity index (χ1n) is 5.58. The number of nitrogens with zero attached hydrogens (tertiary/aromatic N) is 1. The van der Waals surface area contributed by atoms with E-state index in [0.717, 1.165) is 29.5 Å². The Balaban J connectivity index is 2.93. The molecule has 0 atom stereocenters. The van der Waals surface area contributed by atoms with Crippen LogP contribution >= 0.6 is 15.9 Å². The average molecular weight is 284 g/mol. The van der Waals surface area contributed by atoms with Gasteiger partial charge in [-0.15, -0.1) is 0 Å². The fourth-order valence-electron chi connectivity index (χ4n) is 1.67. The van der Waals surface area contributed by atoms with Gasteiger partial charge in [0.05, 0.1) is 0 Å². The minimum Gasteiger partial charge on any atom is -0.372 e. The first kappa shape index (κ1) is 13.2. The van der Waals surface area contributed by atoms with E-state index in [1.165, 1.54) is 0 Å². The second kappa shape index (κ2) is 6.04. The van der Waals surface area contributed by atoms with Crippen molar-refractivity contribution in [2.24, 2.45) is 5.92 Å². The Bertz CT molecular complexity index is 363. The third kappa shape index (κ3) is 3.34. The van der Waals surface area contributed by atoms with Crippen molar-refractivity contribution in [3.05, 3.63) is 28.2 Å². The van der Waals surface area contributed by atoms with Crippen LogP contribution in [0.25, 0.3) is 0 Å². The lowest BCUT2D eigenvalue weighted by atomic mass is 10.1. The van der Waals surface area contributed by atoms with Crippen molar-refractivity contribution in [1.29, 1.82) is 0 Å². The van der Waals surface area contributed by atoms with Gasteiger partial charge in [-0.1, -0.05) is 13.8 Å². The van der Waals surface area contributed by atoms with E-state index in [1.54, 1.807) is 0 Å². The highest BCUT2D eigenvalue weighted by Gasteiger charge is 2.08. The molecule has 1 rings (SSSR count). The molecule has 0 fully saturated rings. The Morgan fingerprint density at radius 1 is 1.44 bits per heavy atom. The number of halogens is 1. The second-order valence-corrected chi connectivity index (χ2v) is 5.11. The molecule has 0 aliphatic heterocycles. The van der Waals surface area contributed by atoms with Crippen molar-refractivity contribution >= 4 is 27.9 Å². The Hall–Kier alpha value is -0.830. The zero-order chi connectivity index (χ0) is 12.1. The van der Waals surface area contributed by atoms with E-state index in [9.17, 15) is 4.79 Å². The van der Waals surface area contributed by atoms with Crippen molar-refractivity contribution in [3.63, 3.8) is 0 Å². The molecule has 3 heteroatoms. The fraction of sp³-hybridized carbons (Fsp3) is 0.462. The summed E-state index contributed by atoms with van der Waals surface area (Å²) in [5.74, 6) is 0.629. The first-order valence-corrected chi connectivity index (χ1v) is 6.37. The van der Waals surface area contributed by atoms with E-state index in [4.69, 9.17) is 0 Å². The van der Waals surface area contributed by atoms with Gasteiger partial charge in [-0.2, -0.15) is 0 Å². The summed E-state index contributed by atoms with van der Waals surface area (Å²) < 4.78 is 0.863. The van der Waals surface area contributed by atoms with E-state index in [2.05, 4.69) is 41.6 Å². The van der Waals surface area contributed by atoms with Gasteiger partial charge >= 0.3 is 0 Å². The van der Waals surface area contributed by atoms with Crippen LogP contribution in [-0.2, 0) is 0 Å². The van der Waals surface area contributed by atoms with Crippen LogP contribution in [0.2, 0.25) is 0 Å². The molecule has 0 heterocycles. The minimum atomic E-state index is 0.629. The molecule has 1 aromatic rings. The lowest BCUT2D eigenvalue weighted by Crippen LogP contribution is -2.27. The van der Waals surface area contributed by atoms with Gasteiger partial charge in [0.1, 0.15) is 0 Å². The number of anilines is 1. The molecule has 0 bridgehead atoms. The van der Waals surface area contributed by atoms with Crippen LogP contribution in [0.4, 0.5) is 5.69 Å². The Labute approximate surface area is 106 Å². The average Bonchev–Trinajstić information content (AvgIpc) is 2.25. The van der Waals surface area contributed by atoms with E-state index < -0.39 is 0 Å². The van der Waals surface area contributed by atoms with Crippen molar-refractivity contribution in [3.8, 4) is 0 Å². The SMILES string of the molecule is CCN(CC(C)C)c1ccc(C=O)c(Br)c1. The summed E-state index contributed by atoms with van der Waals surface area (Å²) in [5.41, 5.74) is 1.86. The molecule has 0 radical (unpaired) electrons. The lowest BCUT2D eigenvalue weighted by Gasteiger charge is -2.25. The molecule has 0 saturated heterocycles. The van der Waals surface area contributed by atoms with Gasteiger partial charge in [-0.3, -0.25) is 4.79 Å². The van der Waals surface area contributed by atoms with Crippen LogP contribution in [0.15, 0.2) is 22.7 Å². The standard InChI is InChI=1S/C13H18BrNO/c1-4-15(8-10(2)3)12-6-5-11(9-16)13(14)7-12/h5-7,9-10H,4,8H2,1-3H3. The maximum Gasteiger partial charge on any atom is 0.151 e. The molecule has 0 amide bonds. The highest BCUT2D eigenvalue weighted by atomic mass is 79.9. The highest BCUT2D eigenvalue weighted by Crippen LogP contribution is 2.23. The number of carbonyl (C=O) groups is 1. The van der Waals surface area contributed by atoms with Gasteiger partial charge in [-0.05, 0) is 47.0 Å². The summed E-state index contributed by atoms with van der Waals surface area (Å²) in [4.78, 5) is 13.0. The smallest absolute Gasteiger partial charge is 0.151 e. The molecular weight excluding hydrogens is 266 g/mol. The molecule has 88 valence electrons. The molecule has 0 saturated carbocycles. The van der Waals surface area contributed by atoms with E-state index in [0.29, 0.717) is 11.5 Å². The molecule has 0 aliphatic carbocycles. The number of rotatable bonds is 5. The Morgan fingerprint density at radius 2 is 2.12 bits per heavy atom. The molecule has 0 unspecified atom stereocenters. The van der Waals surface area contributed by atoms with Crippen LogP contribution in [0, 0.1) is 5.92 Å². The van der Waals surface area contributed by atoms with Crippen LogP contribution in [0.1, 0.15) is 31.1 Å². The molecule has 0 aliphatic rings. The van der Waals surface area contributed by atoms with Crippen LogP contribution in [-0.4, -0.2) is 19.4 Å². The Kier molecular flexibility index (Phi) is 5.00. The lowest BCUT2D eigenvalue weighted by molar-refractivity contribution is 0.112. The van der Waals surface area contributed by atoms with Gasteiger partial charge in [0.2, 0.25) is 0 Å². The third-order valence-electron chi connectivity index (χ3n) is 2.44. The molecule has 16 heavy (non-hydrogen) atoms. The van der Waals surface area contributed by atoms with Crippen molar-refractivity contribution in [2.75, 3.05) is 18.0 Å².